The third-order valence-electron chi connectivity index (χ3n) is 2.65. The van der Waals surface area contributed by atoms with Gasteiger partial charge in [0.2, 0.25) is 0 Å². The van der Waals surface area contributed by atoms with Gasteiger partial charge in [-0.2, -0.15) is 0 Å². The molecule has 0 aliphatic heterocycles. The number of halogens is 1. The van der Waals surface area contributed by atoms with E-state index in [-0.39, 0.29) is 11.9 Å². The van der Waals surface area contributed by atoms with Gasteiger partial charge in [-0.1, -0.05) is 29.8 Å². The number of rotatable bonds is 5. The Morgan fingerprint density at radius 2 is 2.24 bits per heavy atom. The van der Waals surface area contributed by atoms with Crippen molar-refractivity contribution in [1.29, 1.82) is 0 Å². The Morgan fingerprint density at radius 1 is 1.53 bits per heavy atom. The molecule has 0 fully saturated rings. The molecule has 1 aromatic rings. The molecule has 1 aromatic carbocycles. The largest absolute Gasteiger partial charge is 0.469 e. The van der Waals surface area contributed by atoms with E-state index in [2.05, 4.69) is 39.0 Å². The molecular weight excluding hydrogens is 282 g/mol. The minimum absolute atomic E-state index is 0.145. The highest BCUT2D eigenvalue weighted by Crippen LogP contribution is 2.21. The van der Waals surface area contributed by atoms with Crippen LogP contribution in [0.4, 0.5) is 5.69 Å². The van der Waals surface area contributed by atoms with E-state index >= 15 is 0 Å². The Morgan fingerprint density at radius 3 is 2.82 bits per heavy atom. The smallest absolute Gasteiger partial charge is 0.310 e. The molecule has 0 aliphatic rings. The van der Waals surface area contributed by atoms with Crippen LogP contribution < -0.4 is 5.32 Å². The van der Waals surface area contributed by atoms with Crippen molar-refractivity contribution < 1.29 is 9.53 Å². The summed E-state index contributed by atoms with van der Waals surface area (Å²) < 4.78 is 5.76. The number of aryl methyl sites for hydroxylation is 1. The van der Waals surface area contributed by atoms with Gasteiger partial charge in [-0.05, 0) is 30.2 Å². The number of methoxy groups -OCH3 is 1. The second-order valence-corrected chi connectivity index (χ2v) is 4.88. The Hall–Kier alpha value is -1.03. The molecule has 1 unspecified atom stereocenters. The van der Waals surface area contributed by atoms with Crippen LogP contribution in [0, 0.1) is 5.92 Å². The third-order valence-corrected chi connectivity index (χ3v) is 3.14. The fourth-order valence-corrected chi connectivity index (χ4v) is 1.98. The van der Waals surface area contributed by atoms with Crippen molar-refractivity contribution >= 4 is 27.6 Å². The maximum atomic E-state index is 11.3. The van der Waals surface area contributed by atoms with Crippen LogP contribution in [0.2, 0.25) is 0 Å². The second-order valence-electron chi connectivity index (χ2n) is 3.96. The van der Waals surface area contributed by atoms with Gasteiger partial charge in [-0.15, -0.1) is 0 Å². The summed E-state index contributed by atoms with van der Waals surface area (Å²) in [4.78, 5) is 11.3. The van der Waals surface area contributed by atoms with Gasteiger partial charge in [0.25, 0.3) is 0 Å². The van der Waals surface area contributed by atoms with E-state index in [4.69, 9.17) is 0 Å². The molecule has 0 aromatic heterocycles. The molecule has 0 amide bonds. The van der Waals surface area contributed by atoms with Crippen LogP contribution in [-0.4, -0.2) is 19.6 Å². The molecule has 3 nitrogen and oxygen atoms in total. The van der Waals surface area contributed by atoms with Gasteiger partial charge in [-0.25, -0.2) is 0 Å². The molecule has 0 bridgehead atoms. The standard InChI is InChI=1S/C13H18BrNO2/c1-4-10-7-11(14)5-6-12(10)15-8-9(2)13(16)17-3/h5-7,9,15H,4,8H2,1-3H3. The Bertz CT molecular complexity index is 393. The average molecular weight is 300 g/mol. The lowest BCUT2D eigenvalue weighted by Gasteiger charge is -2.14. The summed E-state index contributed by atoms with van der Waals surface area (Å²) >= 11 is 3.45. The van der Waals surface area contributed by atoms with Crippen molar-refractivity contribution in [2.24, 2.45) is 5.92 Å². The first kappa shape index (κ1) is 14.0. The van der Waals surface area contributed by atoms with Gasteiger partial charge in [0, 0.05) is 16.7 Å². The number of hydrogen-bond donors (Lipinski definition) is 1. The fraction of sp³-hybridized carbons (Fsp3) is 0.462. The van der Waals surface area contributed by atoms with Crippen LogP contribution in [0.1, 0.15) is 19.4 Å². The first-order chi connectivity index (χ1) is 8.08. The molecule has 4 heteroatoms. The number of carbonyl (C=O) groups is 1. The SMILES string of the molecule is CCc1cc(Br)ccc1NCC(C)C(=O)OC. The molecule has 0 aliphatic carbocycles. The molecule has 17 heavy (non-hydrogen) atoms. The monoisotopic (exact) mass is 299 g/mol. The normalized spacial score (nSPS) is 12.0. The number of hydrogen-bond acceptors (Lipinski definition) is 3. The molecule has 1 N–H and O–H groups in total. The molecule has 1 atom stereocenters. The van der Waals surface area contributed by atoms with Crippen molar-refractivity contribution in [3.05, 3.63) is 28.2 Å². The molecule has 0 radical (unpaired) electrons. The van der Waals surface area contributed by atoms with Crippen LogP contribution >= 0.6 is 15.9 Å². The van der Waals surface area contributed by atoms with Crippen LogP contribution in [0.5, 0.6) is 0 Å². The average Bonchev–Trinajstić information content (AvgIpc) is 2.35. The maximum absolute atomic E-state index is 11.3. The maximum Gasteiger partial charge on any atom is 0.310 e. The number of esters is 1. The van der Waals surface area contributed by atoms with Crippen LogP contribution in [0.15, 0.2) is 22.7 Å². The number of nitrogens with one attached hydrogen (secondary N) is 1. The van der Waals surface area contributed by atoms with E-state index in [1.807, 2.05) is 19.1 Å². The Labute approximate surface area is 111 Å². The molecule has 1 rings (SSSR count). The molecule has 0 heterocycles. The zero-order valence-corrected chi connectivity index (χ0v) is 12.0. The third kappa shape index (κ3) is 4.04. The zero-order chi connectivity index (χ0) is 12.8. The molecule has 0 saturated heterocycles. The lowest BCUT2D eigenvalue weighted by Crippen LogP contribution is -2.21. The predicted molar refractivity (Wildman–Crippen MR) is 73.2 cm³/mol. The molecular formula is C13H18BrNO2. The van der Waals surface area contributed by atoms with Crippen LogP contribution in [0.25, 0.3) is 0 Å². The summed E-state index contributed by atoms with van der Waals surface area (Å²) in [5, 5.41) is 3.28. The highest BCUT2D eigenvalue weighted by Gasteiger charge is 2.13. The highest BCUT2D eigenvalue weighted by molar-refractivity contribution is 9.10. The van der Waals surface area contributed by atoms with E-state index in [9.17, 15) is 4.79 Å². The minimum atomic E-state index is -0.187. The van der Waals surface area contributed by atoms with Gasteiger partial charge in [0.15, 0.2) is 0 Å². The van der Waals surface area contributed by atoms with E-state index in [0.717, 1.165) is 16.6 Å². The Kier molecular flexibility index (Phi) is 5.48. The number of carbonyl (C=O) groups excluding carboxylic acids is 1. The van der Waals surface area contributed by atoms with Gasteiger partial charge < -0.3 is 10.1 Å². The topological polar surface area (TPSA) is 38.3 Å². The minimum Gasteiger partial charge on any atom is -0.469 e. The predicted octanol–water partition coefficient (Wildman–Crippen LogP) is 3.23. The van der Waals surface area contributed by atoms with Gasteiger partial charge in [0.1, 0.15) is 0 Å². The zero-order valence-electron chi connectivity index (χ0n) is 10.4. The number of benzene rings is 1. The van der Waals surface area contributed by atoms with Crippen molar-refractivity contribution in [2.75, 3.05) is 19.0 Å². The highest BCUT2D eigenvalue weighted by atomic mass is 79.9. The molecule has 0 spiro atoms. The van der Waals surface area contributed by atoms with Gasteiger partial charge >= 0.3 is 5.97 Å². The van der Waals surface area contributed by atoms with Crippen LogP contribution in [0.3, 0.4) is 0 Å². The van der Waals surface area contributed by atoms with E-state index in [1.54, 1.807) is 0 Å². The van der Waals surface area contributed by atoms with Crippen molar-refractivity contribution in [3.63, 3.8) is 0 Å². The second kappa shape index (κ2) is 6.64. The van der Waals surface area contributed by atoms with Crippen LogP contribution in [-0.2, 0) is 16.0 Å². The van der Waals surface area contributed by atoms with Crippen molar-refractivity contribution in [1.82, 2.24) is 0 Å². The summed E-state index contributed by atoms with van der Waals surface area (Å²) in [5.74, 6) is -0.332. The summed E-state index contributed by atoms with van der Waals surface area (Å²) in [6.45, 7) is 4.54. The first-order valence-corrected chi connectivity index (χ1v) is 6.47. The lowest BCUT2D eigenvalue weighted by molar-refractivity contribution is -0.144. The fourth-order valence-electron chi connectivity index (χ4n) is 1.57. The van der Waals surface area contributed by atoms with Crippen molar-refractivity contribution in [2.45, 2.75) is 20.3 Å². The van der Waals surface area contributed by atoms with Crippen molar-refractivity contribution in [3.8, 4) is 0 Å². The summed E-state index contributed by atoms with van der Waals surface area (Å²) in [5.41, 5.74) is 2.31. The van der Waals surface area contributed by atoms with E-state index in [1.165, 1.54) is 12.7 Å². The number of ether oxygens (including phenoxy) is 1. The summed E-state index contributed by atoms with van der Waals surface area (Å²) in [6.07, 6.45) is 0.953. The lowest BCUT2D eigenvalue weighted by atomic mass is 10.1. The van der Waals surface area contributed by atoms with Gasteiger partial charge in [-0.3, -0.25) is 4.79 Å². The van der Waals surface area contributed by atoms with E-state index in [0.29, 0.717) is 6.54 Å². The van der Waals surface area contributed by atoms with Gasteiger partial charge in [0.05, 0.1) is 13.0 Å². The van der Waals surface area contributed by atoms with E-state index < -0.39 is 0 Å². The first-order valence-electron chi connectivity index (χ1n) is 5.68. The number of anilines is 1. The molecule has 0 saturated carbocycles. The Balaban J connectivity index is 2.66. The molecule has 94 valence electrons. The summed E-state index contributed by atoms with van der Waals surface area (Å²) in [6, 6.07) is 6.10. The quantitative estimate of drug-likeness (QED) is 0.848. The summed E-state index contributed by atoms with van der Waals surface area (Å²) in [7, 11) is 1.41.